The van der Waals surface area contributed by atoms with Crippen LogP contribution in [0.5, 0.6) is 0 Å². The average molecular weight is 319 g/mol. The van der Waals surface area contributed by atoms with Crippen LogP contribution in [0.2, 0.25) is 0 Å². The molecule has 0 unspecified atom stereocenters. The van der Waals surface area contributed by atoms with Crippen LogP contribution in [0.1, 0.15) is 19.4 Å². The molecule has 22 heavy (non-hydrogen) atoms. The van der Waals surface area contributed by atoms with E-state index in [-0.39, 0.29) is 11.7 Å². The van der Waals surface area contributed by atoms with Crippen LogP contribution < -0.4 is 11.2 Å². The Kier molecular flexibility index (Phi) is 5.43. The fourth-order valence-electron chi connectivity index (χ4n) is 1.88. The molecule has 0 fully saturated rings. The molecule has 3 N–H and O–H groups in total. The van der Waals surface area contributed by atoms with Gasteiger partial charge in [0.1, 0.15) is 0 Å². The van der Waals surface area contributed by atoms with Gasteiger partial charge in [-0.15, -0.1) is 10.2 Å². The number of nitrogen functional groups attached to an aromatic ring is 1. The molecule has 0 aliphatic rings. The molecule has 6 nitrogen and oxygen atoms in total. The van der Waals surface area contributed by atoms with Gasteiger partial charge in [-0.05, 0) is 18.4 Å². The molecule has 0 atom stereocenters. The molecular formula is C15H21N5OS. The summed E-state index contributed by atoms with van der Waals surface area (Å²) in [5.74, 6) is 7.33. The molecule has 0 aliphatic heterocycles. The van der Waals surface area contributed by atoms with Crippen molar-refractivity contribution >= 4 is 17.7 Å². The summed E-state index contributed by atoms with van der Waals surface area (Å²) in [6.07, 6.45) is 0. The lowest BCUT2D eigenvalue weighted by molar-refractivity contribution is -0.118. The van der Waals surface area contributed by atoms with E-state index in [1.807, 2.05) is 31.2 Å². The van der Waals surface area contributed by atoms with Gasteiger partial charge in [0.05, 0.1) is 5.75 Å². The van der Waals surface area contributed by atoms with Crippen LogP contribution in [0.3, 0.4) is 0 Å². The third-order valence-corrected chi connectivity index (χ3v) is 4.03. The Balaban J connectivity index is 2.03. The van der Waals surface area contributed by atoms with Gasteiger partial charge >= 0.3 is 0 Å². The van der Waals surface area contributed by atoms with E-state index in [1.54, 1.807) is 0 Å². The van der Waals surface area contributed by atoms with E-state index in [0.29, 0.717) is 23.4 Å². The van der Waals surface area contributed by atoms with Crippen molar-refractivity contribution in [3.05, 3.63) is 29.8 Å². The van der Waals surface area contributed by atoms with Crippen molar-refractivity contribution in [1.29, 1.82) is 0 Å². The van der Waals surface area contributed by atoms with E-state index in [2.05, 4.69) is 29.4 Å². The maximum Gasteiger partial charge on any atom is 0.230 e. The molecule has 1 aromatic heterocycles. The maximum atomic E-state index is 11.7. The number of thioether (sulfide) groups is 1. The van der Waals surface area contributed by atoms with Gasteiger partial charge in [0.15, 0.2) is 5.82 Å². The number of rotatable bonds is 6. The second kappa shape index (κ2) is 7.31. The molecule has 2 rings (SSSR count). The summed E-state index contributed by atoms with van der Waals surface area (Å²) in [5, 5.41) is 11.6. The molecule has 0 spiro atoms. The number of carbonyl (C=O) groups is 1. The van der Waals surface area contributed by atoms with Crippen LogP contribution >= 0.6 is 11.8 Å². The zero-order chi connectivity index (χ0) is 16.1. The first-order chi connectivity index (χ1) is 10.5. The minimum absolute atomic E-state index is 0.0286. The highest BCUT2D eigenvalue weighted by Crippen LogP contribution is 2.23. The molecule has 0 radical (unpaired) electrons. The van der Waals surface area contributed by atoms with Gasteiger partial charge in [-0.2, -0.15) is 0 Å². The predicted molar refractivity (Wildman–Crippen MR) is 88.9 cm³/mol. The number of aryl methyl sites for hydroxylation is 1. The van der Waals surface area contributed by atoms with Crippen molar-refractivity contribution in [3.63, 3.8) is 0 Å². The molecular weight excluding hydrogens is 298 g/mol. The molecule has 118 valence electrons. The number of aromatic nitrogens is 3. The first kappa shape index (κ1) is 16.4. The third kappa shape index (κ3) is 4.00. The van der Waals surface area contributed by atoms with E-state index in [0.717, 1.165) is 11.1 Å². The fraction of sp³-hybridized carbons (Fsp3) is 0.400. The molecule has 7 heteroatoms. The van der Waals surface area contributed by atoms with Crippen molar-refractivity contribution in [1.82, 2.24) is 20.2 Å². The summed E-state index contributed by atoms with van der Waals surface area (Å²) < 4.78 is 1.43. The number of nitrogens with one attached hydrogen (secondary N) is 1. The Bertz CT molecular complexity index is 653. The second-order valence-corrected chi connectivity index (χ2v) is 6.42. The largest absolute Gasteiger partial charge is 0.355 e. The summed E-state index contributed by atoms with van der Waals surface area (Å²) in [7, 11) is 0. The Hall–Kier alpha value is -2.02. The average Bonchev–Trinajstić information content (AvgIpc) is 2.84. The molecule has 0 saturated heterocycles. The van der Waals surface area contributed by atoms with Crippen LogP contribution in [0.25, 0.3) is 11.4 Å². The molecule has 0 saturated carbocycles. The lowest BCUT2D eigenvalue weighted by atomic mass is 10.1. The summed E-state index contributed by atoms with van der Waals surface area (Å²) in [4.78, 5) is 11.7. The topological polar surface area (TPSA) is 85.8 Å². The SMILES string of the molecule is Cc1ccccc1-c1nnc(SCC(=O)NCC(C)C)n1N. The Morgan fingerprint density at radius 2 is 2.09 bits per heavy atom. The quantitative estimate of drug-likeness (QED) is 0.627. The number of hydrogen-bond acceptors (Lipinski definition) is 5. The number of hydrogen-bond donors (Lipinski definition) is 2. The van der Waals surface area contributed by atoms with E-state index in [4.69, 9.17) is 5.84 Å². The Morgan fingerprint density at radius 1 is 1.36 bits per heavy atom. The maximum absolute atomic E-state index is 11.7. The van der Waals surface area contributed by atoms with Crippen molar-refractivity contribution < 1.29 is 4.79 Å². The van der Waals surface area contributed by atoms with Crippen LogP contribution in [-0.2, 0) is 4.79 Å². The minimum Gasteiger partial charge on any atom is -0.355 e. The van der Waals surface area contributed by atoms with Gasteiger partial charge < -0.3 is 11.2 Å². The highest BCUT2D eigenvalue weighted by Gasteiger charge is 2.14. The van der Waals surface area contributed by atoms with E-state index in [1.165, 1.54) is 16.4 Å². The molecule has 0 bridgehead atoms. The van der Waals surface area contributed by atoms with Crippen molar-refractivity contribution in [2.75, 3.05) is 18.1 Å². The third-order valence-electron chi connectivity index (χ3n) is 3.09. The van der Waals surface area contributed by atoms with E-state index in [9.17, 15) is 4.79 Å². The van der Waals surface area contributed by atoms with Gasteiger partial charge in [0.2, 0.25) is 11.1 Å². The van der Waals surface area contributed by atoms with Crippen LogP contribution in [0.15, 0.2) is 29.4 Å². The molecule has 1 amide bonds. The number of nitrogens with zero attached hydrogens (tertiary/aromatic N) is 3. The first-order valence-electron chi connectivity index (χ1n) is 7.15. The normalized spacial score (nSPS) is 10.9. The zero-order valence-corrected chi connectivity index (χ0v) is 13.9. The van der Waals surface area contributed by atoms with Gasteiger partial charge in [0.25, 0.3) is 0 Å². The van der Waals surface area contributed by atoms with Gasteiger partial charge in [-0.25, -0.2) is 4.68 Å². The minimum atomic E-state index is -0.0286. The van der Waals surface area contributed by atoms with Gasteiger partial charge in [0, 0.05) is 12.1 Å². The fourth-order valence-corrected chi connectivity index (χ4v) is 2.57. The highest BCUT2D eigenvalue weighted by molar-refractivity contribution is 7.99. The second-order valence-electron chi connectivity index (χ2n) is 5.48. The molecule has 1 heterocycles. The van der Waals surface area contributed by atoms with Crippen LogP contribution in [0, 0.1) is 12.8 Å². The monoisotopic (exact) mass is 319 g/mol. The Labute approximate surface area is 134 Å². The standard InChI is InChI=1S/C15H21N5OS/c1-10(2)8-17-13(21)9-22-15-19-18-14(20(15)16)12-7-5-4-6-11(12)3/h4-7,10H,8-9,16H2,1-3H3,(H,17,21). The Morgan fingerprint density at radius 3 is 2.77 bits per heavy atom. The van der Waals surface area contributed by atoms with Crippen molar-refractivity contribution in [2.24, 2.45) is 5.92 Å². The number of benzene rings is 1. The highest BCUT2D eigenvalue weighted by atomic mass is 32.2. The van der Waals surface area contributed by atoms with Gasteiger partial charge in [-0.1, -0.05) is 49.9 Å². The zero-order valence-electron chi connectivity index (χ0n) is 13.0. The molecule has 1 aromatic carbocycles. The van der Waals surface area contributed by atoms with Crippen molar-refractivity contribution in [2.45, 2.75) is 25.9 Å². The summed E-state index contributed by atoms with van der Waals surface area (Å²) in [6.45, 7) is 6.77. The number of carbonyl (C=O) groups excluding carboxylic acids is 1. The smallest absolute Gasteiger partial charge is 0.230 e. The molecule has 2 aromatic rings. The van der Waals surface area contributed by atoms with E-state index < -0.39 is 0 Å². The first-order valence-corrected chi connectivity index (χ1v) is 8.13. The van der Waals surface area contributed by atoms with E-state index >= 15 is 0 Å². The summed E-state index contributed by atoms with van der Waals surface area (Å²) in [6, 6.07) is 7.84. The van der Waals surface area contributed by atoms with Crippen molar-refractivity contribution in [3.8, 4) is 11.4 Å². The van der Waals surface area contributed by atoms with Crippen LogP contribution in [0.4, 0.5) is 0 Å². The molecule has 0 aliphatic carbocycles. The number of amides is 1. The lowest BCUT2D eigenvalue weighted by Crippen LogP contribution is -2.29. The number of nitrogens with two attached hydrogens (primary N) is 1. The summed E-state index contributed by atoms with van der Waals surface area (Å²) >= 11 is 1.28. The van der Waals surface area contributed by atoms with Gasteiger partial charge in [-0.3, -0.25) is 4.79 Å². The lowest BCUT2D eigenvalue weighted by Gasteiger charge is -2.07. The van der Waals surface area contributed by atoms with Crippen LogP contribution in [-0.4, -0.2) is 33.1 Å². The summed E-state index contributed by atoms with van der Waals surface area (Å²) in [5.41, 5.74) is 2.02. The predicted octanol–water partition coefficient (Wildman–Crippen LogP) is 1.83.